The highest BCUT2D eigenvalue weighted by Gasteiger charge is 2.07. The fourth-order valence-corrected chi connectivity index (χ4v) is 1.84. The van der Waals surface area contributed by atoms with Gasteiger partial charge in [-0.25, -0.2) is 4.98 Å². The van der Waals surface area contributed by atoms with Crippen LogP contribution in [0.5, 0.6) is 11.6 Å². The molecule has 0 spiro atoms. The van der Waals surface area contributed by atoms with Gasteiger partial charge in [0.2, 0.25) is 5.88 Å². The molecule has 0 saturated heterocycles. The van der Waals surface area contributed by atoms with E-state index in [0.29, 0.717) is 16.7 Å². The van der Waals surface area contributed by atoms with E-state index in [4.69, 9.17) is 16.3 Å². The summed E-state index contributed by atoms with van der Waals surface area (Å²) >= 11 is 6.09. The smallest absolute Gasteiger partial charge is 0.224 e. The molecule has 0 aliphatic heterocycles. The summed E-state index contributed by atoms with van der Waals surface area (Å²) in [5, 5.41) is 3.81. The highest BCUT2D eigenvalue weighted by molar-refractivity contribution is 6.32. The molecule has 1 aromatic heterocycles. The molecule has 0 unspecified atom stereocenters. The van der Waals surface area contributed by atoms with Gasteiger partial charge >= 0.3 is 0 Å². The molecule has 0 fully saturated rings. The van der Waals surface area contributed by atoms with E-state index >= 15 is 0 Å². The second-order valence-corrected chi connectivity index (χ2v) is 4.73. The van der Waals surface area contributed by atoms with Crippen molar-refractivity contribution in [3.05, 3.63) is 41.2 Å². The molecule has 2 aromatic rings. The molecule has 5 heteroatoms. The number of halogens is 1. The standard InChI is InChI=1S/C15H18ClN3O/c1-3-9-17-14-10-15(19-13(4-2)18-14)20-12-8-6-5-7-11(12)16/h5-8,10H,3-4,9H2,1-2H3,(H,17,18,19). The fraction of sp³-hybridized carbons (Fsp3) is 0.333. The van der Waals surface area contributed by atoms with Crippen LogP contribution in [-0.2, 0) is 6.42 Å². The van der Waals surface area contributed by atoms with E-state index in [-0.39, 0.29) is 0 Å². The number of nitrogens with zero attached hydrogens (tertiary/aromatic N) is 2. The van der Waals surface area contributed by atoms with E-state index in [1.807, 2.05) is 25.1 Å². The van der Waals surface area contributed by atoms with Gasteiger partial charge in [0.05, 0.1) is 5.02 Å². The van der Waals surface area contributed by atoms with E-state index in [9.17, 15) is 0 Å². The molecule has 0 radical (unpaired) electrons. The minimum absolute atomic E-state index is 0.503. The summed E-state index contributed by atoms with van der Waals surface area (Å²) < 4.78 is 5.75. The number of para-hydroxylation sites is 1. The fourth-order valence-electron chi connectivity index (χ4n) is 1.67. The summed E-state index contributed by atoms with van der Waals surface area (Å²) in [6.45, 7) is 4.99. The summed E-state index contributed by atoms with van der Waals surface area (Å²) in [6.07, 6.45) is 1.78. The lowest BCUT2D eigenvalue weighted by atomic mass is 10.3. The molecule has 0 amide bonds. The van der Waals surface area contributed by atoms with Crippen molar-refractivity contribution in [2.45, 2.75) is 26.7 Å². The van der Waals surface area contributed by atoms with Crippen molar-refractivity contribution in [3.63, 3.8) is 0 Å². The first-order valence-electron chi connectivity index (χ1n) is 6.77. The van der Waals surface area contributed by atoms with E-state index < -0.39 is 0 Å². The Morgan fingerprint density at radius 2 is 2.00 bits per heavy atom. The Balaban J connectivity index is 2.24. The zero-order valence-corrected chi connectivity index (χ0v) is 12.4. The van der Waals surface area contributed by atoms with E-state index in [2.05, 4.69) is 22.2 Å². The molecule has 1 N–H and O–H groups in total. The molecule has 0 aliphatic carbocycles. The zero-order chi connectivity index (χ0) is 14.4. The predicted octanol–water partition coefficient (Wildman–Crippen LogP) is 4.31. The van der Waals surface area contributed by atoms with Gasteiger partial charge in [0.1, 0.15) is 17.4 Å². The van der Waals surface area contributed by atoms with Crippen molar-refractivity contribution in [2.75, 3.05) is 11.9 Å². The summed E-state index contributed by atoms with van der Waals surface area (Å²) in [5.41, 5.74) is 0. The van der Waals surface area contributed by atoms with Crippen LogP contribution in [0.3, 0.4) is 0 Å². The van der Waals surface area contributed by atoms with Gasteiger partial charge < -0.3 is 10.1 Å². The van der Waals surface area contributed by atoms with E-state index in [0.717, 1.165) is 31.0 Å². The molecule has 20 heavy (non-hydrogen) atoms. The van der Waals surface area contributed by atoms with Gasteiger partial charge in [-0.15, -0.1) is 0 Å². The molecule has 0 aliphatic rings. The van der Waals surface area contributed by atoms with Crippen LogP contribution in [-0.4, -0.2) is 16.5 Å². The molecule has 1 aromatic carbocycles. The first-order valence-corrected chi connectivity index (χ1v) is 7.15. The average molecular weight is 292 g/mol. The van der Waals surface area contributed by atoms with Crippen molar-refractivity contribution in [3.8, 4) is 11.6 Å². The van der Waals surface area contributed by atoms with Crippen molar-refractivity contribution in [2.24, 2.45) is 0 Å². The average Bonchev–Trinajstić information content (AvgIpc) is 2.47. The van der Waals surface area contributed by atoms with Crippen molar-refractivity contribution >= 4 is 17.4 Å². The highest BCUT2D eigenvalue weighted by atomic mass is 35.5. The second kappa shape index (κ2) is 7.10. The van der Waals surface area contributed by atoms with Crippen molar-refractivity contribution in [1.82, 2.24) is 9.97 Å². The third-order valence-corrected chi connectivity index (χ3v) is 2.98. The number of aryl methyl sites for hydroxylation is 1. The van der Waals surface area contributed by atoms with Crippen LogP contribution in [0.1, 0.15) is 26.1 Å². The Kier molecular flexibility index (Phi) is 5.18. The molecular weight excluding hydrogens is 274 g/mol. The number of nitrogens with one attached hydrogen (secondary N) is 1. The van der Waals surface area contributed by atoms with Crippen LogP contribution < -0.4 is 10.1 Å². The molecule has 106 valence electrons. The molecule has 2 rings (SSSR count). The third-order valence-electron chi connectivity index (χ3n) is 2.67. The number of aromatic nitrogens is 2. The number of anilines is 1. The van der Waals surface area contributed by atoms with Crippen LogP contribution in [0.2, 0.25) is 5.02 Å². The molecule has 0 atom stereocenters. The summed E-state index contributed by atoms with van der Waals surface area (Å²) in [7, 11) is 0. The second-order valence-electron chi connectivity index (χ2n) is 4.32. The topological polar surface area (TPSA) is 47.0 Å². The van der Waals surface area contributed by atoms with Crippen LogP contribution in [0.15, 0.2) is 30.3 Å². The van der Waals surface area contributed by atoms with Crippen molar-refractivity contribution < 1.29 is 4.74 Å². The maximum Gasteiger partial charge on any atom is 0.224 e. The number of benzene rings is 1. The van der Waals surface area contributed by atoms with Gasteiger partial charge in [-0.05, 0) is 18.6 Å². The minimum atomic E-state index is 0.503. The predicted molar refractivity (Wildman–Crippen MR) is 81.7 cm³/mol. The van der Waals surface area contributed by atoms with Crippen LogP contribution in [0, 0.1) is 0 Å². The Morgan fingerprint density at radius 3 is 2.70 bits per heavy atom. The van der Waals surface area contributed by atoms with E-state index in [1.54, 1.807) is 12.1 Å². The molecule has 0 bridgehead atoms. The van der Waals surface area contributed by atoms with Gasteiger partial charge in [-0.3, -0.25) is 0 Å². The van der Waals surface area contributed by atoms with Gasteiger partial charge in [-0.1, -0.05) is 37.6 Å². The van der Waals surface area contributed by atoms with Crippen LogP contribution >= 0.6 is 11.6 Å². The Bertz CT molecular complexity index is 575. The largest absolute Gasteiger partial charge is 0.437 e. The summed E-state index contributed by atoms with van der Waals surface area (Å²) in [6, 6.07) is 9.13. The highest BCUT2D eigenvalue weighted by Crippen LogP contribution is 2.28. The molecule has 1 heterocycles. The minimum Gasteiger partial charge on any atom is -0.437 e. The van der Waals surface area contributed by atoms with Gasteiger partial charge in [-0.2, -0.15) is 4.98 Å². The number of hydrogen-bond acceptors (Lipinski definition) is 4. The summed E-state index contributed by atoms with van der Waals surface area (Å²) in [5.74, 6) is 2.62. The Labute approximate surface area is 124 Å². The zero-order valence-electron chi connectivity index (χ0n) is 11.7. The molecule has 4 nitrogen and oxygen atoms in total. The maximum atomic E-state index is 6.09. The Morgan fingerprint density at radius 1 is 1.20 bits per heavy atom. The maximum absolute atomic E-state index is 6.09. The normalized spacial score (nSPS) is 10.3. The monoisotopic (exact) mass is 291 g/mol. The van der Waals surface area contributed by atoms with Crippen LogP contribution in [0.4, 0.5) is 5.82 Å². The molecule has 0 saturated carbocycles. The number of ether oxygens (including phenoxy) is 1. The lowest BCUT2D eigenvalue weighted by molar-refractivity contribution is 0.459. The third kappa shape index (κ3) is 3.84. The van der Waals surface area contributed by atoms with Gasteiger partial charge in [0.15, 0.2) is 0 Å². The number of rotatable bonds is 6. The summed E-state index contributed by atoms with van der Waals surface area (Å²) in [4.78, 5) is 8.78. The van der Waals surface area contributed by atoms with Gasteiger partial charge in [0, 0.05) is 19.0 Å². The number of hydrogen-bond donors (Lipinski definition) is 1. The quantitative estimate of drug-likeness (QED) is 0.861. The Hall–Kier alpha value is -1.81. The van der Waals surface area contributed by atoms with Crippen molar-refractivity contribution in [1.29, 1.82) is 0 Å². The lowest BCUT2D eigenvalue weighted by Gasteiger charge is -2.10. The van der Waals surface area contributed by atoms with Gasteiger partial charge in [0.25, 0.3) is 0 Å². The van der Waals surface area contributed by atoms with E-state index in [1.165, 1.54) is 0 Å². The molecular formula is C15H18ClN3O. The SMILES string of the molecule is CCCNc1cc(Oc2ccccc2Cl)nc(CC)n1. The lowest BCUT2D eigenvalue weighted by Crippen LogP contribution is -2.05. The van der Waals surface area contributed by atoms with Crippen LogP contribution in [0.25, 0.3) is 0 Å². The first kappa shape index (κ1) is 14.6. The first-order chi connectivity index (χ1) is 9.72.